The molecule has 3 aliphatic rings. The number of aliphatic carboxylic acids is 1. The van der Waals surface area contributed by atoms with Crippen LogP contribution < -0.4 is 0 Å². The third-order valence-corrected chi connectivity index (χ3v) is 6.98. The van der Waals surface area contributed by atoms with E-state index in [0.29, 0.717) is 24.2 Å². The van der Waals surface area contributed by atoms with Gasteiger partial charge >= 0.3 is 24.0 Å². The molecule has 0 radical (unpaired) electrons. The fourth-order valence-corrected chi connectivity index (χ4v) is 5.42. The van der Waals surface area contributed by atoms with Crippen LogP contribution in [0, 0.1) is 5.41 Å². The number of alkyl halides is 3. The molecular formula is C20H28F3NO7. The molecule has 1 heterocycles. The van der Waals surface area contributed by atoms with Crippen molar-refractivity contribution >= 4 is 17.8 Å². The maximum absolute atomic E-state index is 13.6. The average Bonchev–Trinajstić information content (AvgIpc) is 3.12. The summed E-state index contributed by atoms with van der Waals surface area (Å²) in [6.07, 6.45) is -5.04. The summed E-state index contributed by atoms with van der Waals surface area (Å²) in [7, 11) is -0.516. The van der Waals surface area contributed by atoms with Gasteiger partial charge in [0.25, 0.3) is 0 Å². The highest BCUT2D eigenvalue weighted by atomic mass is 19.4. The molecule has 0 spiro atoms. The lowest BCUT2D eigenvalue weighted by Gasteiger charge is -2.51. The second kappa shape index (κ2) is 8.57. The molecule has 1 amide bonds. The first-order valence-corrected chi connectivity index (χ1v) is 10.3. The molecule has 1 N–H and O–H groups in total. The maximum atomic E-state index is 13.6. The van der Waals surface area contributed by atoms with Crippen LogP contribution in [0.5, 0.6) is 0 Å². The number of amides is 1. The fraction of sp³-hybridized carbons (Fsp3) is 0.850. The third kappa shape index (κ3) is 4.13. The number of hydrogen-bond acceptors (Lipinski definition) is 6. The van der Waals surface area contributed by atoms with Crippen LogP contribution in [-0.2, 0) is 28.6 Å². The molecule has 1 saturated heterocycles. The van der Waals surface area contributed by atoms with E-state index in [0.717, 1.165) is 0 Å². The van der Waals surface area contributed by atoms with E-state index in [4.69, 9.17) is 15.6 Å². The standard InChI is InChI=1S/C20H28F3NO7/c1-12(25)31-19(6-3-7-19)18(17(27)28)8-4-13(10-18)24(16(26)20(21,22)23)14-5-9-30-11-15(14)29-2/h13-15H,3-11H2,1-2H3,(H,27,28)/t13-,14+,15-,18-/m1/s1/i2D. The molecule has 0 aromatic heterocycles. The molecule has 3 fully saturated rings. The number of carbonyl (C=O) groups excluding carboxylic acids is 2. The van der Waals surface area contributed by atoms with E-state index >= 15 is 0 Å². The number of carboxylic acid groups (broad SMARTS) is 1. The second-order valence-corrected chi connectivity index (χ2v) is 8.57. The van der Waals surface area contributed by atoms with Gasteiger partial charge < -0.3 is 24.2 Å². The summed E-state index contributed by atoms with van der Waals surface area (Å²) in [5.41, 5.74) is -2.87. The molecule has 4 atom stereocenters. The number of hydrogen-bond donors (Lipinski definition) is 1. The largest absolute Gasteiger partial charge is 0.481 e. The van der Waals surface area contributed by atoms with Crippen molar-refractivity contribution in [1.82, 2.24) is 4.90 Å². The molecule has 0 bridgehead atoms. The Morgan fingerprint density at radius 1 is 1.23 bits per heavy atom. The minimum atomic E-state index is -5.16. The molecule has 1 aliphatic heterocycles. The molecule has 11 heteroatoms. The van der Waals surface area contributed by atoms with Crippen LogP contribution in [0.4, 0.5) is 13.2 Å². The molecular weight excluding hydrogens is 423 g/mol. The number of esters is 1. The van der Waals surface area contributed by atoms with E-state index in [1.807, 2.05) is 0 Å². The van der Waals surface area contributed by atoms with Crippen molar-refractivity contribution in [2.24, 2.45) is 5.41 Å². The van der Waals surface area contributed by atoms with Gasteiger partial charge in [-0.25, -0.2) is 0 Å². The number of carboxylic acids is 1. The van der Waals surface area contributed by atoms with Crippen LogP contribution >= 0.6 is 0 Å². The quantitative estimate of drug-likeness (QED) is 0.617. The summed E-state index contributed by atoms with van der Waals surface area (Å²) in [5, 5.41) is 10.1. The molecule has 0 aromatic rings. The Labute approximate surface area is 179 Å². The molecule has 8 nitrogen and oxygen atoms in total. The molecule has 176 valence electrons. The summed E-state index contributed by atoms with van der Waals surface area (Å²) in [5.74, 6) is -3.96. The number of rotatable bonds is 6. The smallest absolute Gasteiger partial charge is 0.471 e. The van der Waals surface area contributed by atoms with Crippen molar-refractivity contribution in [2.75, 3.05) is 20.3 Å². The van der Waals surface area contributed by atoms with Crippen molar-refractivity contribution in [1.29, 1.82) is 0 Å². The highest BCUT2D eigenvalue weighted by molar-refractivity contribution is 5.83. The lowest BCUT2D eigenvalue weighted by Crippen LogP contribution is -2.61. The summed E-state index contributed by atoms with van der Waals surface area (Å²) in [6.45, 7) is 1.21. The van der Waals surface area contributed by atoms with E-state index in [2.05, 4.69) is 0 Å². The van der Waals surface area contributed by atoms with Crippen LogP contribution in [0.1, 0.15) is 53.2 Å². The van der Waals surface area contributed by atoms with Crippen molar-refractivity contribution in [2.45, 2.75) is 81.8 Å². The Balaban J connectivity index is 1.96. The van der Waals surface area contributed by atoms with Gasteiger partial charge in [0.2, 0.25) is 0 Å². The van der Waals surface area contributed by atoms with E-state index < -0.39 is 60.3 Å². The van der Waals surface area contributed by atoms with Crippen molar-refractivity contribution < 1.29 is 48.2 Å². The van der Waals surface area contributed by atoms with E-state index in [1.54, 1.807) is 0 Å². The summed E-state index contributed by atoms with van der Waals surface area (Å²) in [6, 6.07) is -2.04. The van der Waals surface area contributed by atoms with Gasteiger partial charge in [-0.1, -0.05) is 0 Å². The molecule has 3 rings (SSSR count). The summed E-state index contributed by atoms with van der Waals surface area (Å²) >= 11 is 0. The number of ether oxygens (including phenoxy) is 3. The zero-order chi connectivity index (χ0) is 23.7. The minimum absolute atomic E-state index is 0.0160. The number of nitrogens with zero attached hydrogens (tertiary/aromatic N) is 1. The first kappa shape index (κ1) is 22.3. The van der Waals surface area contributed by atoms with Gasteiger partial charge in [0.1, 0.15) is 17.1 Å². The Morgan fingerprint density at radius 2 is 1.94 bits per heavy atom. The van der Waals surface area contributed by atoms with Crippen LogP contribution in [0.25, 0.3) is 0 Å². The minimum Gasteiger partial charge on any atom is -0.481 e. The van der Waals surface area contributed by atoms with Crippen LogP contribution in [0.3, 0.4) is 0 Å². The fourth-order valence-electron chi connectivity index (χ4n) is 5.42. The van der Waals surface area contributed by atoms with E-state index in [-0.39, 0.29) is 38.9 Å². The normalized spacial score (nSPS) is 33.2. The monoisotopic (exact) mass is 452 g/mol. The topological polar surface area (TPSA) is 102 Å². The van der Waals surface area contributed by atoms with Crippen LogP contribution in [0.2, 0.25) is 0 Å². The van der Waals surface area contributed by atoms with Gasteiger partial charge in [-0.15, -0.1) is 0 Å². The predicted octanol–water partition coefficient (Wildman–Crippen LogP) is 2.29. The molecule has 0 unspecified atom stereocenters. The van der Waals surface area contributed by atoms with Crippen molar-refractivity contribution in [3.63, 3.8) is 0 Å². The third-order valence-electron chi connectivity index (χ3n) is 6.98. The van der Waals surface area contributed by atoms with Crippen molar-refractivity contribution in [3.05, 3.63) is 0 Å². The number of halogens is 3. The number of carbonyl (C=O) groups is 3. The molecule has 0 aromatic carbocycles. The zero-order valence-electron chi connectivity index (χ0n) is 18.3. The highest BCUT2D eigenvalue weighted by Crippen LogP contribution is 2.58. The van der Waals surface area contributed by atoms with Gasteiger partial charge in [0, 0.05) is 26.7 Å². The number of methoxy groups -OCH3 is 1. The van der Waals surface area contributed by atoms with Gasteiger partial charge in [0.05, 0.1) is 14.0 Å². The molecule has 2 aliphatic carbocycles. The Hall–Kier alpha value is -1.88. The first-order chi connectivity index (χ1) is 15.0. The maximum Gasteiger partial charge on any atom is 0.471 e. The average molecular weight is 452 g/mol. The lowest BCUT2D eigenvalue weighted by molar-refractivity contribution is -0.208. The van der Waals surface area contributed by atoms with Gasteiger partial charge in [0.15, 0.2) is 0 Å². The first-order valence-electron chi connectivity index (χ1n) is 11.0. The summed E-state index contributed by atoms with van der Waals surface area (Å²) in [4.78, 5) is 37.4. The zero-order valence-corrected chi connectivity index (χ0v) is 17.3. The Morgan fingerprint density at radius 3 is 2.45 bits per heavy atom. The van der Waals surface area contributed by atoms with Crippen LogP contribution in [0.15, 0.2) is 0 Å². The highest BCUT2D eigenvalue weighted by Gasteiger charge is 2.66. The van der Waals surface area contributed by atoms with Gasteiger partial charge in [-0.3, -0.25) is 14.4 Å². The van der Waals surface area contributed by atoms with Crippen LogP contribution in [-0.4, -0.2) is 78.1 Å². The van der Waals surface area contributed by atoms with E-state index in [9.17, 15) is 32.7 Å². The Bertz CT molecular complexity index is 743. The van der Waals surface area contributed by atoms with Gasteiger partial charge in [-0.2, -0.15) is 13.2 Å². The second-order valence-electron chi connectivity index (χ2n) is 8.57. The summed E-state index contributed by atoms with van der Waals surface area (Å²) < 4.78 is 64.0. The SMILES string of the molecule is [2H]CO[C@@H]1COCC[C@@H]1N(C(=O)C(F)(F)F)[C@@H]1CC[C@@](C(=O)O)(C2(OC(C)=O)CCC2)C1. The lowest BCUT2D eigenvalue weighted by atomic mass is 9.60. The molecule has 31 heavy (non-hydrogen) atoms. The van der Waals surface area contributed by atoms with Gasteiger partial charge in [-0.05, 0) is 44.9 Å². The van der Waals surface area contributed by atoms with E-state index in [1.165, 1.54) is 6.92 Å². The predicted molar refractivity (Wildman–Crippen MR) is 99.0 cm³/mol. The molecule has 2 saturated carbocycles. The van der Waals surface area contributed by atoms with Crippen molar-refractivity contribution in [3.8, 4) is 0 Å². The Kier molecular flexibility index (Phi) is 6.17.